The summed E-state index contributed by atoms with van der Waals surface area (Å²) in [6, 6.07) is -1.98. The van der Waals surface area contributed by atoms with Crippen molar-refractivity contribution in [1.29, 1.82) is 0 Å². The number of hydrogen-bond donors (Lipinski definition) is 3. The minimum Gasteiger partial charge on any atom is -0.480 e. The molecule has 0 saturated carbocycles. The van der Waals surface area contributed by atoms with Crippen LogP contribution >= 0.6 is 0 Å². The number of hydrogen-bond acceptors (Lipinski definition) is 3. The van der Waals surface area contributed by atoms with Crippen molar-refractivity contribution in [2.45, 2.75) is 38.8 Å². The number of carboxylic acid groups (broad SMARTS) is 1. The molecule has 18 heavy (non-hydrogen) atoms. The van der Waals surface area contributed by atoms with Crippen LogP contribution in [-0.2, 0) is 9.59 Å². The fraction of sp³-hybridized carbons (Fsp3) is 0.727. The largest absolute Gasteiger partial charge is 0.480 e. The van der Waals surface area contributed by atoms with Crippen molar-refractivity contribution >= 4 is 17.9 Å². The summed E-state index contributed by atoms with van der Waals surface area (Å²) in [6.45, 7) is 4.24. The Hall–Kier alpha value is -1.79. The zero-order valence-electron chi connectivity index (χ0n) is 10.6. The van der Waals surface area contributed by atoms with Gasteiger partial charge >= 0.3 is 12.0 Å². The maximum absolute atomic E-state index is 11.9. The van der Waals surface area contributed by atoms with Crippen LogP contribution in [0.3, 0.4) is 0 Å². The van der Waals surface area contributed by atoms with Gasteiger partial charge in [-0.2, -0.15) is 0 Å². The molecule has 1 heterocycles. The van der Waals surface area contributed by atoms with Crippen molar-refractivity contribution in [1.82, 2.24) is 15.5 Å². The van der Waals surface area contributed by atoms with E-state index in [-0.39, 0.29) is 5.91 Å². The number of nitrogens with one attached hydrogen (secondary N) is 2. The summed E-state index contributed by atoms with van der Waals surface area (Å²) in [5, 5.41) is 14.0. The van der Waals surface area contributed by atoms with Gasteiger partial charge in [-0.25, -0.2) is 9.59 Å². The predicted octanol–water partition coefficient (Wildman–Crippen LogP) is -0.230. The van der Waals surface area contributed by atoms with Crippen molar-refractivity contribution in [3.63, 3.8) is 0 Å². The quantitative estimate of drug-likeness (QED) is 0.647. The lowest BCUT2D eigenvalue weighted by Gasteiger charge is -2.33. The fourth-order valence-corrected chi connectivity index (χ4v) is 1.84. The summed E-state index contributed by atoms with van der Waals surface area (Å²) in [6.07, 6.45) is 1.03. The number of carboxylic acids is 1. The third-order valence-electron chi connectivity index (χ3n) is 2.93. The third kappa shape index (κ3) is 3.35. The molecule has 0 aliphatic carbocycles. The van der Waals surface area contributed by atoms with Gasteiger partial charge in [0.2, 0.25) is 5.91 Å². The van der Waals surface area contributed by atoms with Crippen LogP contribution in [0, 0.1) is 0 Å². The molecule has 0 aromatic carbocycles. The molecule has 1 fully saturated rings. The first-order valence-electron chi connectivity index (χ1n) is 6.05. The van der Waals surface area contributed by atoms with E-state index in [1.165, 1.54) is 4.90 Å². The lowest BCUT2D eigenvalue weighted by molar-refractivity contribution is -0.139. The first-order chi connectivity index (χ1) is 8.47. The Morgan fingerprint density at radius 1 is 1.61 bits per heavy atom. The van der Waals surface area contributed by atoms with Gasteiger partial charge in [0.05, 0.1) is 0 Å². The molecule has 7 heteroatoms. The number of piperazine rings is 1. The molecule has 7 nitrogen and oxygen atoms in total. The molecule has 1 aliphatic heterocycles. The van der Waals surface area contributed by atoms with Crippen molar-refractivity contribution in [2.75, 3.05) is 13.1 Å². The van der Waals surface area contributed by atoms with Crippen LogP contribution in [-0.4, -0.2) is 53.1 Å². The summed E-state index contributed by atoms with van der Waals surface area (Å²) in [7, 11) is 0. The minimum atomic E-state index is -1.06. The molecular formula is C11H19N3O4. The molecule has 102 valence electrons. The van der Waals surface area contributed by atoms with Gasteiger partial charge < -0.3 is 20.6 Å². The molecule has 2 atom stereocenters. The number of carbonyl (C=O) groups excluding carboxylic acids is 2. The first kappa shape index (κ1) is 14.3. The Labute approximate surface area is 106 Å². The monoisotopic (exact) mass is 257 g/mol. The minimum absolute atomic E-state index is 0.223. The Bertz CT molecular complexity index is 345. The molecule has 0 aromatic rings. The van der Waals surface area contributed by atoms with E-state index in [1.54, 1.807) is 6.92 Å². The van der Waals surface area contributed by atoms with Gasteiger partial charge in [-0.15, -0.1) is 0 Å². The van der Waals surface area contributed by atoms with Crippen LogP contribution in [0.1, 0.15) is 26.7 Å². The molecule has 1 rings (SSSR count). The molecule has 0 bridgehead atoms. The van der Waals surface area contributed by atoms with Gasteiger partial charge in [0, 0.05) is 13.1 Å². The SMILES string of the molecule is CCCC(NC(=O)N1CCNC(=O)C1C)C(=O)O. The number of rotatable bonds is 4. The molecule has 0 aromatic heterocycles. The smallest absolute Gasteiger partial charge is 0.326 e. The standard InChI is InChI=1S/C11H19N3O4/c1-3-4-8(10(16)17)13-11(18)14-6-5-12-9(15)7(14)2/h7-8H,3-6H2,1-2H3,(H,12,15)(H,13,18)(H,16,17). The highest BCUT2D eigenvalue weighted by Crippen LogP contribution is 2.06. The number of urea groups is 1. The second-order valence-electron chi connectivity index (χ2n) is 4.29. The van der Waals surface area contributed by atoms with Crippen LogP contribution in [0.4, 0.5) is 4.79 Å². The van der Waals surface area contributed by atoms with Gasteiger partial charge in [-0.3, -0.25) is 4.79 Å². The van der Waals surface area contributed by atoms with E-state index in [1.807, 2.05) is 6.92 Å². The van der Waals surface area contributed by atoms with E-state index in [9.17, 15) is 14.4 Å². The third-order valence-corrected chi connectivity index (χ3v) is 2.93. The van der Waals surface area contributed by atoms with E-state index in [0.29, 0.717) is 25.9 Å². The molecular weight excluding hydrogens is 238 g/mol. The van der Waals surface area contributed by atoms with Gasteiger partial charge in [0.1, 0.15) is 12.1 Å². The summed E-state index contributed by atoms with van der Waals surface area (Å²) in [5.41, 5.74) is 0. The summed E-state index contributed by atoms with van der Waals surface area (Å²) < 4.78 is 0. The highest BCUT2D eigenvalue weighted by molar-refractivity contribution is 5.89. The lowest BCUT2D eigenvalue weighted by atomic mass is 10.1. The Morgan fingerprint density at radius 2 is 2.28 bits per heavy atom. The molecule has 2 unspecified atom stereocenters. The zero-order valence-corrected chi connectivity index (χ0v) is 10.6. The molecule has 3 amide bonds. The number of aliphatic carboxylic acids is 1. The topological polar surface area (TPSA) is 98.7 Å². The second-order valence-corrected chi connectivity index (χ2v) is 4.29. The number of carbonyl (C=O) groups is 3. The van der Waals surface area contributed by atoms with E-state index in [4.69, 9.17) is 5.11 Å². The van der Waals surface area contributed by atoms with Gasteiger partial charge in [-0.05, 0) is 13.3 Å². The van der Waals surface area contributed by atoms with Crippen LogP contribution in [0.5, 0.6) is 0 Å². The average molecular weight is 257 g/mol. The van der Waals surface area contributed by atoms with Crippen LogP contribution in [0.25, 0.3) is 0 Å². The predicted molar refractivity (Wildman–Crippen MR) is 64.0 cm³/mol. The Morgan fingerprint density at radius 3 is 2.83 bits per heavy atom. The molecule has 1 saturated heterocycles. The average Bonchev–Trinajstić information content (AvgIpc) is 2.31. The van der Waals surface area contributed by atoms with Crippen molar-refractivity contribution in [3.05, 3.63) is 0 Å². The Balaban J connectivity index is 2.63. The highest BCUT2D eigenvalue weighted by atomic mass is 16.4. The van der Waals surface area contributed by atoms with E-state index in [0.717, 1.165) is 0 Å². The summed E-state index contributed by atoms with van der Waals surface area (Å²) in [5.74, 6) is -1.28. The van der Waals surface area contributed by atoms with Crippen molar-refractivity contribution in [3.8, 4) is 0 Å². The first-order valence-corrected chi connectivity index (χ1v) is 6.05. The lowest BCUT2D eigenvalue weighted by Crippen LogP contribution is -2.59. The molecule has 0 radical (unpaired) electrons. The normalized spacial score (nSPS) is 21.1. The fourth-order valence-electron chi connectivity index (χ4n) is 1.84. The summed E-state index contributed by atoms with van der Waals surface area (Å²) in [4.78, 5) is 35.6. The zero-order chi connectivity index (χ0) is 13.7. The van der Waals surface area contributed by atoms with E-state index >= 15 is 0 Å². The Kier molecular flexibility index (Phi) is 4.94. The maximum Gasteiger partial charge on any atom is 0.326 e. The summed E-state index contributed by atoms with van der Waals surface area (Å²) >= 11 is 0. The van der Waals surface area contributed by atoms with Gasteiger partial charge in [0.15, 0.2) is 0 Å². The van der Waals surface area contributed by atoms with E-state index < -0.39 is 24.1 Å². The van der Waals surface area contributed by atoms with E-state index in [2.05, 4.69) is 10.6 Å². The highest BCUT2D eigenvalue weighted by Gasteiger charge is 2.31. The molecule has 0 spiro atoms. The van der Waals surface area contributed by atoms with Crippen molar-refractivity contribution in [2.24, 2.45) is 0 Å². The van der Waals surface area contributed by atoms with Gasteiger partial charge in [0.25, 0.3) is 0 Å². The molecule has 1 aliphatic rings. The second kappa shape index (κ2) is 6.23. The number of amides is 3. The number of nitrogens with zero attached hydrogens (tertiary/aromatic N) is 1. The molecule has 3 N–H and O–H groups in total. The van der Waals surface area contributed by atoms with Crippen LogP contribution in [0.15, 0.2) is 0 Å². The van der Waals surface area contributed by atoms with Gasteiger partial charge in [-0.1, -0.05) is 13.3 Å². The van der Waals surface area contributed by atoms with Crippen LogP contribution in [0.2, 0.25) is 0 Å². The van der Waals surface area contributed by atoms with Crippen molar-refractivity contribution < 1.29 is 19.5 Å². The van der Waals surface area contributed by atoms with Crippen LogP contribution < -0.4 is 10.6 Å². The maximum atomic E-state index is 11.9.